The van der Waals surface area contributed by atoms with Crippen LogP contribution in [0.3, 0.4) is 0 Å². The molecule has 0 bridgehead atoms. The van der Waals surface area contributed by atoms with Crippen molar-refractivity contribution in [2.24, 2.45) is 0 Å². The molecule has 4 unspecified atom stereocenters. The van der Waals surface area contributed by atoms with Gasteiger partial charge in [-0.25, -0.2) is 15.0 Å². The van der Waals surface area contributed by atoms with Gasteiger partial charge in [0.25, 0.3) is 0 Å². The molecule has 0 saturated carbocycles. The van der Waals surface area contributed by atoms with E-state index in [1.165, 1.54) is 0 Å². The average molecular weight is 570 g/mol. The molecule has 1 aromatic carbocycles. The molecule has 5 rings (SSSR count). The Morgan fingerprint density at radius 1 is 0.902 bits per heavy atom. The van der Waals surface area contributed by atoms with Gasteiger partial charge in [-0.3, -0.25) is 4.57 Å². The Kier molecular flexibility index (Phi) is 10.3. The summed E-state index contributed by atoms with van der Waals surface area (Å²) in [5.74, 6) is 2.32. The summed E-state index contributed by atoms with van der Waals surface area (Å²) in [4.78, 5) is 16.4. The molecule has 4 atom stereocenters. The molecule has 11 nitrogen and oxygen atoms in total. The van der Waals surface area contributed by atoms with Crippen LogP contribution in [0.25, 0.3) is 11.2 Å². The van der Waals surface area contributed by atoms with E-state index in [9.17, 15) is 0 Å². The van der Waals surface area contributed by atoms with Gasteiger partial charge < -0.3 is 33.3 Å². The minimum Gasteiger partial charge on any atom is -0.454 e. The third-order valence-electron chi connectivity index (χ3n) is 7.16. The van der Waals surface area contributed by atoms with E-state index < -0.39 is 6.23 Å². The summed E-state index contributed by atoms with van der Waals surface area (Å²) in [7, 11) is 0. The Labute approximate surface area is 242 Å². The second-order valence-electron chi connectivity index (χ2n) is 10.4. The smallest absolute Gasteiger partial charge is 0.231 e. The van der Waals surface area contributed by atoms with Crippen LogP contribution in [0.15, 0.2) is 30.9 Å². The highest BCUT2D eigenvalue weighted by Gasteiger charge is 2.48. The van der Waals surface area contributed by atoms with Gasteiger partial charge in [0.15, 0.2) is 34.7 Å². The number of anilines is 1. The standard InChI is InChI=1S/C30H43N5O6/c1-5-11-34(16-21-9-10-22-23(15-21)40-20-39-22)28-25-29(32-18-31-28)35(19-33-25)30-27(38-14-8-4)26(37-13-7-3)24(41-30)17-36-12-6-2/h9-10,15,18-19,24,26-27,30H,5-8,11-14,16-17,20H2,1-4H3. The first-order valence-corrected chi connectivity index (χ1v) is 15.0. The fourth-order valence-corrected chi connectivity index (χ4v) is 5.34. The first-order valence-electron chi connectivity index (χ1n) is 15.0. The SMILES string of the molecule is CCCOCC1OC(n2cnc3c(N(CCC)Cc4ccc5c(c4)OCO5)ncnc32)C(OCCC)C1OCCC. The van der Waals surface area contributed by atoms with E-state index in [1.807, 2.05) is 16.7 Å². The Morgan fingerprint density at radius 2 is 1.68 bits per heavy atom. The molecule has 1 fully saturated rings. The molecular weight excluding hydrogens is 526 g/mol. The van der Waals surface area contributed by atoms with Crippen LogP contribution < -0.4 is 14.4 Å². The Morgan fingerprint density at radius 3 is 2.46 bits per heavy atom. The molecule has 224 valence electrons. The minimum atomic E-state index is -0.458. The van der Waals surface area contributed by atoms with E-state index in [0.717, 1.165) is 60.6 Å². The number of rotatable bonds is 16. The van der Waals surface area contributed by atoms with Crippen LogP contribution in [0.5, 0.6) is 11.5 Å². The van der Waals surface area contributed by atoms with Crippen molar-refractivity contribution in [3.63, 3.8) is 0 Å². The van der Waals surface area contributed by atoms with Gasteiger partial charge in [0.1, 0.15) is 24.6 Å². The number of imidazole rings is 1. The van der Waals surface area contributed by atoms with Crippen molar-refractivity contribution in [2.45, 2.75) is 84.5 Å². The van der Waals surface area contributed by atoms with Gasteiger partial charge in [0.05, 0.1) is 12.9 Å². The van der Waals surface area contributed by atoms with Crippen LogP contribution >= 0.6 is 0 Å². The zero-order chi connectivity index (χ0) is 28.6. The number of benzene rings is 1. The van der Waals surface area contributed by atoms with Crippen molar-refractivity contribution >= 4 is 17.0 Å². The lowest BCUT2D eigenvalue weighted by molar-refractivity contribution is -0.0791. The molecule has 0 N–H and O–H groups in total. The van der Waals surface area contributed by atoms with Gasteiger partial charge in [-0.1, -0.05) is 33.8 Å². The van der Waals surface area contributed by atoms with Crippen LogP contribution in [0, 0.1) is 0 Å². The lowest BCUT2D eigenvalue weighted by atomic mass is 10.1. The largest absolute Gasteiger partial charge is 0.454 e. The number of hydrogen-bond acceptors (Lipinski definition) is 10. The van der Waals surface area contributed by atoms with Crippen molar-refractivity contribution in [3.8, 4) is 11.5 Å². The zero-order valence-electron chi connectivity index (χ0n) is 24.7. The van der Waals surface area contributed by atoms with Crippen LogP contribution in [-0.4, -0.2) is 77.6 Å². The first-order chi connectivity index (χ1) is 20.2. The third-order valence-corrected chi connectivity index (χ3v) is 7.16. The minimum absolute atomic E-state index is 0.254. The van der Waals surface area contributed by atoms with Gasteiger partial charge >= 0.3 is 0 Å². The quantitative estimate of drug-likeness (QED) is 0.222. The van der Waals surface area contributed by atoms with Gasteiger partial charge in [0, 0.05) is 32.9 Å². The van der Waals surface area contributed by atoms with E-state index >= 15 is 0 Å². The fourth-order valence-electron chi connectivity index (χ4n) is 5.34. The highest BCUT2D eigenvalue weighted by molar-refractivity contribution is 5.83. The summed E-state index contributed by atoms with van der Waals surface area (Å²) in [6.45, 7) is 12.5. The molecule has 2 aromatic heterocycles. The fraction of sp³-hybridized carbons (Fsp3) is 0.633. The number of fused-ring (bicyclic) bond motifs is 2. The first kappa shape index (κ1) is 29.5. The van der Waals surface area contributed by atoms with E-state index in [4.69, 9.17) is 33.4 Å². The number of aromatic nitrogens is 4. The molecule has 11 heteroatoms. The maximum absolute atomic E-state index is 6.61. The normalized spacial score (nSPS) is 21.7. The Hall–Kier alpha value is -2.99. The second kappa shape index (κ2) is 14.3. The van der Waals surface area contributed by atoms with Gasteiger partial charge in [-0.2, -0.15) is 0 Å². The predicted molar refractivity (Wildman–Crippen MR) is 154 cm³/mol. The summed E-state index contributed by atoms with van der Waals surface area (Å²) in [5.41, 5.74) is 2.52. The van der Waals surface area contributed by atoms with Crippen molar-refractivity contribution < 1.29 is 28.4 Å². The topological polar surface area (TPSA) is 102 Å². The summed E-state index contributed by atoms with van der Waals surface area (Å²) in [6, 6.07) is 6.05. The second-order valence-corrected chi connectivity index (χ2v) is 10.4. The maximum atomic E-state index is 6.61. The summed E-state index contributed by atoms with van der Waals surface area (Å²) in [6.07, 6.45) is 5.77. The average Bonchev–Trinajstić information content (AvgIpc) is 3.71. The molecule has 2 aliphatic heterocycles. The lowest BCUT2D eigenvalue weighted by Crippen LogP contribution is -2.39. The zero-order valence-corrected chi connectivity index (χ0v) is 24.7. The summed E-state index contributed by atoms with van der Waals surface area (Å²) in [5, 5.41) is 0. The number of ether oxygens (including phenoxy) is 6. The Balaban J connectivity index is 1.45. The van der Waals surface area contributed by atoms with Crippen LogP contribution in [-0.2, 0) is 25.5 Å². The lowest BCUT2D eigenvalue weighted by Gasteiger charge is -2.25. The molecule has 41 heavy (non-hydrogen) atoms. The van der Waals surface area contributed by atoms with Crippen LogP contribution in [0.4, 0.5) is 5.82 Å². The molecule has 4 heterocycles. The van der Waals surface area contributed by atoms with E-state index in [0.29, 0.717) is 38.6 Å². The van der Waals surface area contributed by atoms with Crippen molar-refractivity contribution in [2.75, 3.05) is 44.7 Å². The van der Waals surface area contributed by atoms with Crippen molar-refractivity contribution in [1.29, 1.82) is 0 Å². The molecule has 3 aromatic rings. The molecule has 0 spiro atoms. The Bertz CT molecular complexity index is 1260. The van der Waals surface area contributed by atoms with Gasteiger partial charge in [-0.15, -0.1) is 0 Å². The van der Waals surface area contributed by atoms with Crippen LogP contribution in [0.2, 0.25) is 0 Å². The van der Waals surface area contributed by atoms with E-state index in [-0.39, 0.29) is 25.1 Å². The third kappa shape index (κ3) is 6.58. The maximum Gasteiger partial charge on any atom is 0.231 e. The van der Waals surface area contributed by atoms with E-state index in [2.05, 4.69) is 48.6 Å². The monoisotopic (exact) mass is 569 g/mol. The van der Waals surface area contributed by atoms with Crippen LogP contribution in [0.1, 0.15) is 65.2 Å². The molecule has 0 aliphatic carbocycles. The molecule has 0 amide bonds. The van der Waals surface area contributed by atoms with Gasteiger partial charge in [-0.05, 0) is 43.4 Å². The van der Waals surface area contributed by atoms with E-state index in [1.54, 1.807) is 12.7 Å². The predicted octanol–water partition coefficient (Wildman–Crippen LogP) is 4.89. The van der Waals surface area contributed by atoms with Gasteiger partial charge in [0.2, 0.25) is 6.79 Å². The highest BCUT2D eigenvalue weighted by atomic mass is 16.7. The van der Waals surface area contributed by atoms with Crippen molar-refractivity contribution in [3.05, 3.63) is 36.4 Å². The molecular formula is C30H43N5O6. The summed E-state index contributed by atoms with van der Waals surface area (Å²) < 4.78 is 38.3. The summed E-state index contributed by atoms with van der Waals surface area (Å²) >= 11 is 0. The number of hydrogen-bond donors (Lipinski definition) is 0. The molecule has 2 aliphatic rings. The number of nitrogens with zero attached hydrogens (tertiary/aromatic N) is 5. The highest BCUT2D eigenvalue weighted by Crippen LogP contribution is 2.37. The molecule has 0 radical (unpaired) electrons. The van der Waals surface area contributed by atoms with Crippen molar-refractivity contribution in [1.82, 2.24) is 19.5 Å². The molecule has 1 saturated heterocycles.